The quantitative estimate of drug-likeness (QED) is 0.743. The second-order valence-corrected chi connectivity index (χ2v) is 3.24. The summed E-state index contributed by atoms with van der Waals surface area (Å²) in [7, 11) is 3.43. The van der Waals surface area contributed by atoms with Gasteiger partial charge < -0.3 is 10.5 Å². The Morgan fingerprint density at radius 1 is 1.40 bits per heavy atom. The summed E-state index contributed by atoms with van der Waals surface area (Å²) in [5, 5.41) is 7.89. The van der Waals surface area contributed by atoms with E-state index in [1.54, 1.807) is 17.9 Å². The van der Waals surface area contributed by atoms with Crippen molar-refractivity contribution in [2.75, 3.05) is 12.8 Å². The first-order valence-electron chi connectivity index (χ1n) is 4.51. The first-order chi connectivity index (χ1) is 7.20. The Kier molecular flexibility index (Phi) is 2.29. The van der Waals surface area contributed by atoms with Crippen LogP contribution in [0.2, 0.25) is 0 Å². The molecule has 0 bridgehead atoms. The van der Waals surface area contributed by atoms with Crippen molar-refractivity contribution in [2.45, 2.75) is 0 Å². The van der Waals surface area contributed by atoms with Crippen LogP contribution >= 0.6 is 0 Å². The first kappa shape index (κ1) is 9.51. The van der Waals surface area contributed by atoms with Crippen molar-refractivity contribution in [3.63, 3.8) is 0 Å². The van der Waals surface area contributed by atoms with Crippen LogP contribution in [0.5, 0.6) is 5.75 Å². The number of anilines is 1. The van der Waals surface area contributed by atoms with Gasteiger partial charge >= 0.3 is 0 Å². The number of aromatic nitrogens is 3. The Morgan fingerprint density at radius 3 is 2.80 bits per heavy atom. The molecule has 0 radical (unpaired) electrons. The van der Waals surface area contributed by atoms with E-state index in [2.05, 4.69) is 10.3 Å². The average molecular weight is 204 g/mol. The van der Waals surface area contributed by atoms with Gasteiger partial charge in [-0.15, -0.1) is 5.10 Å². The zero-order chi connectivity index (χ0) is 10.8. The van der Waals surface area contributed by atoms with Gasteiger partial charge in [-0.1, -0.05) is 5.21 Å². The molecule has 0 unspecified atom stereocenters. The van der Waals surface area contributed by atoms with E-state index in [1.807, 2.05) is 25.4 Å². The zero-order valence-electron chi connectivity index (χ0n) is 8.64. The summed E-state index contributed by atoms with van der Waals surface area (Å²) >= 11 is 0. The van der Waals surface area contributed by atoms with Crippen LogP contribution in [0.4, 0.5) is 5.69 Å². The minimum atomic E-state index is 0.666. The largest absolute Gasteiger partial charge is 0.496 e. The summed E-state index contributed by atoms with van der Waals surface area (Å²) in [6.45, 7) is 0. The molecule has 1 heterocycles. The number of aryl methyl sites for hydroxylation is 1. The Hall–Kier alpha value is -2.04. The molecule has 0 fully saturated rings. The molecule has 0 saturated heterocycles. The lowest BCUT2D eigenvalue weighted by atomic mass is 10.1. The van der Waals surface area contributed by atoms with E-state index in [1.165, 1.54) is 0 Å². The van der Waals surface area contributed by atoms with Crippen LogP contribution < -0.4 is 10.5 Å². The molecule has 15 heavy (non-hydrogen) atoms. The lowest BCUT2D eigenvalue weighted by Gasteiger charge is -2.06. The molecule has 0 saturated carbocycles. The minimum Gasteiger partial charge on any atom is -0.496 e. The van der Waals surface area contributed by atoms with Gasteiger partial charge in [0, 0.05) is 24.4 Å². The number of hydrogen-bond acceptors (Lipinski definition) is 4. The molecule has 2 N–H and O–H groups in total. The van der Waals surface area contributed by atoms with Crippen LogP contribution in [-0.2, 0) is 7.05 Å². The molecule has 2 aromatic rings. The molecule has 1 aromatic carbocycles. The highest BCUT2D eigenvalue weighted by Crippen LogP contribution is 2.29. The molecule has 5 nitrogen and oxygen atoms in total. The van der Waals surface area contributed by atoms with Gasteiger partial charge in [0.1, 0.15) is 11.4 Å². The maximum atomic E-state index is 5.67. The Bertz CT molecular complexity index is 478. The van der Waals surface area contributed by atoms with Crippen molar-refractivity contribution in [1.82, 2.24) is 15.0 Å². The van der Waals surface area contributed by atoms with E-state index < -0.39 is 0 Å². The third-order valence-corrected chi connectivity index (χ3v) is 2.10. The summed E-state index contributed by atoms with van der Waals surface area (Å²) in [4.78, 5) is 0. The molecular weight excluding hydrogens is 192 g/mol. The molecule has 0 spiro atoms. The van der Waals surface area contributed by atoms with Crippen molar-refractivity contribution < 1.29 is 4.74 Å². The number of nitrogens with zero attached hydrogens (tertiary/aromatic N) is 3. The van der Waals surface area contributed by atoms with Crippen molar-refractivity contribution in [2.24, 2.45) is 7.05 Å². The van der Waals surface area contributed by atoms with E-state index in [9.17, 15) is 0 Å². The highest BCUT2D eigenvalue weighted by molar-refractivity contribution is 5.69. The van der Waals surface area contributed by atoms with Gasteiger partial charge in [-0.05, 0) is 12.1 Å². The van der Waals surface area contributed by atoms with Gasteiger partial charge in [0.15, 0.2) is 0 Å². The number of benzene rings is 1. The summed E-state index contributed by atoms with van der Waals surface area (Å²) < 4.78 is 6.88. The summed E-state index contributed by atoms with van der Waals surface area (Å²) in [6.07, 6.45) is 1.83. The summed E-state index contributed by atoms with van der Waals surface area (Å²) in [5.74, 6) is 0.704. The molecule has 78 valence electrons. The van der Waals surface area contributed by atoms with Crippen LogP contribution in [0.15, 0.2) is 24.4 Å². The fourth-order valence-electron chi connectivity index (χ4n) is 1.39. The number of nitrogen functional groups attached to an aromatic ring is 1. The van der Waals surface area contributed by atoms with Crippen molar-refractivity contribution in [3.8, 4) is 17.0 Å². The average Bonchev–Trinajstić information content (AvgIpc) is 2.64. The van der Waals surface area contributed by atoms with E-state index in [4.69, 9.17) is 10.5 Å². The second kappa shape index (κ2) is 3.61. The standard InChI is InChI=1S/C10H12N4O/c1-14-6-9(12-13-14)8-4-3-7(11)5-10(8)15-2/h3-6H,11H2,1-2H3. The van der Waals surface area contributed by atoms with Crippen LogP contribution in [0.1, 0.15) is 0 Å². The predicted molar refractivity (Wildman–Crippen MR) is 57.4 cm³/mol. The number of ether oxygens (including phenoxy) is 1. The molecule has 0 aliphatic carbocycles. The van der Waals surface area contributed by atoms with E-state index >= 15 is 0 Å². The van der Waals surface area contributed by atoms with Gasteiger partial charge in [-0.3, -0.25) is 4.68 Å². The topological polar surface area (TPSA) is 66.0 Å². The highest BCUT2D eigenvalue weighted by atomic mass is 16.5. The number of hydrogen-bond donors (Lipinski definition) is 1. The van der Waals surface area contributed by atoms with Crippen LogP contribution in [0.3, 0.4) is 0 Å². The number of nitrogens with two attached hydrogens (primary N) is 1. The molecule has 0 aliphatic rings. The van der Waals surface area contributed by atoms with Crippen LogP contribution in [0.25, 0.3) is 11.3 Å². The summed E-state index contributed by atoms with van der Waals surface area (Å²) in [6, 6.07) is 5.45. The van der Waals surface area contributed by atoms with Crippen molar-refractivity contribution in [1.29, 1.82) is 0 Å². The van der Waals surface area contributed by atoms with Crippen LogP contribution in [0, 0.1) is 0 Å². The second-order valence-electron chi connectivity index (χ2n) is 3.24. The number of methoxy groups -OCH3 is 1. The third-order valence-electron chi connectivity index (χ3n) is 2.10. The maximum absolute atomic E-state index is 5.67. The monoisotopic (exact) mass is 204 g/mol. The molecule has 0 atom stereocenters. The van der Waals surface area contributed by atoms with E-state index in [-0.39, 0.29) is 0 Å². The van der Waals surface area contributed by atoms with Gasteiger partial charge in [0.05, 0.1) is 13.3 Å². The van der Waals surface area contributed by atoms with E-state index in [0.29, 0.717) is 11.4 Å². The maximum Gasteiger partial charge on any atom is 0.130 e. The molecule has 0 amide bonds. The lowest BCUT2D eigenvalue weighted by Crippen LogP contribution is -1.91. The summed E-state index contributed by atoms with van der Waals surface area (Å²) in [5.41, 5.74) is 7.99. The molecule has 5 heteroatoms. The Morgan fingerprint density at radius 2 is 2.20 bits per heavy atom. The SMILES string of the molecule is COc1cc(N)ccc1-c1cn(C)nn1. The molecule has 2 rings (SSSR count). The van der Waals surface area contributed by atoms with Gasteiger partial charge in [-0.2, -0.15) is 0 Å². The highest BCUT2D eigenvalue weighted by Gasteiger charge is 2.08. The fraction of sp³-hybridized carbons (Fsp3) is 0.200. The van der Waals surface area contributed by atoms with Crippen LogP contribution in [-0.4, -0.2) is 22.1 Å². The van der Waals surface area contributed by atoms with Gasteiger partial charge in [0.2, 0.25) is 0 Å². The normalized spacial score (nSPS) is 10.3. The minimum absolute atomic E-state index is 0.666. The predicted octanol–water partition coefficient (Wildman–Crippen LogP) is 1.07. The van der Waals surface area contributed by atoms with E-state index in [0.717, 1.165) is 11.3 Å². The molecule has 1 aromatic heterocycles. The van der Waals surface area contributed by atoms with Gasteiger partial charge in [0.25, 0.3) is 0 Å². The third kappa shape index (κ3) is 1.76. The fourth-order valence-corrected chi connectivity index (χ4v) is 1.39. The van der Waals surface area contributed by atoms with Crippen molar-refractivity contribution >= 4 is 5.69 Å². The smallest absolute Gasteiger partial charge is 0.130 e. The molecule has 0 aliphatic heterocycles. The zero-order valence-corrected chi connectivity index (χ0v) is 8.64. The van der Waals surface area contributed by atoms with Crippen molar-refractivity contribution in [3.05, 3.63) is 24.4 Å². The first-order valence-corrected chi connectivity index (χ1v) is 4.51. The number of rotatable bonds is 2. The Labute approximate surface area is 87.5 Å². The lowest BCUT2D eigenvalue weighted by molar-refractivity contribution is 0.416. The molecular formula is C10H12N4O. The van der Waals surface area contributed by atoms with Gasteiger partial charge in [-0.25, -0.2) is 0 Å². The Balaban J connectivity index is 2.52.